The number of thiophene rings is 1. The molecule has 0 unspecified atom stereocenters. The average molecular weight is 344 g/mol. The summed E-state index contributed by atoms with van der Waals surface area (Å²) in [7, 11) is 0. The van der Waals surface area contributed by atoms with Crippen molar-refractivity contribution >= 4 is 35.1 Å². The molecule has 0 aliphatic carbocycles. The second-order valence-electron chi connectivity index (χ2n) is 5.95. The van der Waals surface area contributed by atoms with Gasteiger partial charge in [0.25, 0.3) is 5.91 Å². The molecule has 4 heteroatoms. The molecule has 1 N–H and O–H groups in total. The van der Waals surface area contributed by atoms with E-state index < -0.39 is 0 Å². The summed E-state index contributed by atoms with van der Waals surface area (Å²) in [5.74, 6) is 1.27. The van der Waals surface area contributed by atoms with Crippen LogP contribution in [0.5, 0.6) is 0 Å². The Bertz CT molecular complexity index is 746. The molecule has 0 saturated heterocycles. The Kier molecular flexibility index (Phi) is 4.93. The molecule has 0 bridgehead atoms. The maximum atomic E-state index is 12.4. The molecule has 1 amide bonds. The highest BCUT2D eigenvalue weighted by molar-refractivity contribution is 8.03. The Morgan fingerprint density at radius 3 is 2.74 bits per heavy atom. The minimum absolute atomic E-state index is 0.0483. The van der Waals surface area contributed by atoms with Crippen molar-refractivity contribution in [2.24, 2.45) is 0 Å². The van der Waals surface area contributed by atoms with Crippen molar-refractivity contribution in [3.63, 3.8) is 0 Å². The van der Waals surface area contributed by atoms with Crippen molar-refractivity contribution in [3.05, 3.63) is 61.7 Å². The topological polar surface area (TPSA) is 29.1 Å². The summed E-state index contributed by atoms with van der Waals surface area (Å²) < 4.78 is 0. The van der Waals surface area contributed by atoms with Crippen LogP contribution in [0.4, 0.5) is 0 Å². The second-order valence-corrected chi connectivity index (χ2v) is 8.22. The van der Waals surface area contributed by atoms with E-state index in [0.29, 0.717) is 12.5 Å². The summed E-state index contributed by atoms with van der Waals surface area (Å²) in [6, 6.07) is 10.3. The zero-order valence-corrected chi connectivity index (χ0v) is 15.3. The smallest absolute Gasteiger partial charge is 0.257 e. The minimum atomic E-state index is 0.0483. The largest absolute Gasteiger partial charge is 0.351 e. The van der Waals surface area contributed by atoms with Crippen LogP contribution in [-0.2, 0) is 10.5 Å². The SMILES string of the molecule is Cc1sc2c(c1C)CSC(C(=O)NC[C@@H](C)c1ccccc1)=C2. The van der Waals surface area contributed by atoms with Gasteiger partial charge >= 0.3 is 0 Å². The maximum absolute atomic E-state index is 12.4. The number of hydrogen-bond donors (Lipinski definition) is 1. The first-order chi connectivity index (χ1) is 11.1. The summed E-state index contributed by atoms with van der Waals surface area (Å²) in [4.78, 5) is 15.9. The van der Waals surface area contributed by atoms with E-state index >= 15 is 0 Å². The fourth-order valence-corrected chi connectivity index (χ4v) is 5.04. The van der Waals surface area contributed by atoms with Crippen molar-refractivity contribution in [1.29, 1.82) is 0 Å². The monoisotopic (exact) mass is 343 g/mol. The summed E-state index contributed by atoms with van der Waals surface area (Å²) in [5.41, 5.74) is 4.03. The predicted molar refractivity (Wildman–Crippen MR) is 101 cm³/mol. The van der Waals surface area contributed by atoms with Crippen LogP contribution < -0.4 is 5.32 Å². The predicted octanol–water partition coefficient (Wildman–Crippen LogP) is 4.87. The number of aryl methyl sites for hydroxylation is 1. The van der Waals surface area contributed by atoms with Crippen molar-refractivity contribution in [2.45, 2.75) is 32.4 Å². The minimum Gasteiger partial charge on any atom is -0.351 e. The van der Waals surface area contributed by atoms with E-state index in [1.54, 1.807) is 23.1 Å². The highest BCUT2D eigenvalue weighted by Gasteiger charge is 2.21. The van der Waals surface area contributed by atoms with E-state index in [1.165, 1.54) is 26.4 Å². The van der Waals surface area contributed by atoms with Gasteiger partial charge in [-0.05, 0) is 42.5 Å². The van der Waals surface area contributed by atoms with Gasteiger partial charge in [0.15, 0.2) is 0 Å². The molecule has 1 aromatic carbocycles. The molecule has 1 aromatic heterocycles. The number of hydrogen-bond acceptors (Lipinski definition) is 3. The molecule has 2 aromatic rings. The molecule has 23 heavy (non-hydrogen) atoms. The molecule has 120 valence electrons. The van der Waals surface area contributed by atoms with Crippen LogP contribution in [0.15, 0.2) is 35.2 Å². The third-order valence-electron chi connectivity index (χ3n) is 4.34. The van der Waals surface area contributed by atoms with Crippen molar-refractivity contribution in [2.75, 3.05) is 6.54 Å². The number of thioether (sulfide) groups is 1. The van der Waals surface area contributed by atoms with E-state index in [9.17, 15) is 4.79 Å². The maximum Gasteiger partial charge on any atom is 0.257 e. The summed E-state index contributed by atoms with van der Waals surface area (Å²) in [6.07, 6.45) is 2.05. The molecule has 0 spiro atoms. The first-order valence-corrected chi connectivity index (χ1v) is 9.63. The zero-order chi connectivity index (χ0) is 16.4. The van der Waals surface area contributed by atoms with E-state index in [0.717, 1.165) is 10.7 Å². The molecular formula is C19H21NOS2. The molecule has 1 aliphatic rings. The lowest BCUT2D eigenvalue weighted by Gasteiger charge is -2.16. The second kappa shape index (κ2) is 6.93. The van der Waals surface area contributed by atoms with Gasteiger partial charge in [0.05, 0.1) is 4.91 Å². The lowest BCUT2D eigenvalue weighted by Crippen LogP contribution is -2.28. The number of amides is 1. The van der Waals surface area contributed by atoms with Gasteiger partial charge in [0.2, 0.25) is 0 Å². The Morgan fingerprint density at radius 2 is 2.00 bits per heavy atom. The molecule has 2 heterocycles. The number of nitrogens with one attached hydrogen (secondary N) is 1. The number of rotatable bonds is 4. The van der Waals surface area contributed by atoms with Gasteiger partial charge in [0, 0.05) is 22.1 Å². The van der Waals surface area contributed by atoms with Gasteiger partial charge in [-0.2, -0.15) is 0 Å². The molecular weight excluding hydrogens is 322 g/mol. The molecule has 3 rings (SSSR count). The van der Waals surface area contributed by atoms with Crippen LogP contribution in [0.2, 0.25) is 0 Å². The Balaban J connectivity index is 1.65. The van der Waals surface area contributed by atoms with Gasteiger partial charge < -0.3 is 5.32 Å². The lowest BCUT2D eigenvalue weighted by molar-refractivity contribution is -0.116. The first-order valence-electron chi connectivity index (χ1n) is 7.82. The average Bonchev–Trinajstić information content (AvgIpc) is 2.87. The van der Waals surface area contributed by atoms with E-state index in [-0.39, 0.29) is 5.91 Å². The van der Waals surface area contributed by atoms with Crippen LogP contribution >= 0.6 is 23.1 Å². The lowest BCUT2D eigenvalue weighted by atomic mass is 10.0. The third kappa shape index (κ3) is 3.54. The molecule has 1 atom stereocenters. The quantitative estimate of drug-likeness (QED) is 0.858. The van der Waals surface area contributed by atoms with Gasteiger partial charge in [-0.15, -0.1) is 23.1 Å². The zero-order valence-electron chi connectivity index (χ0n) is 13.7. The van der Waals surface area contributed by atoms with Gasteiger partial charge in [-0.1, -0.05) is 37.3 Å². The normalized spacial score (nSPS) is 14.8. The number of fused-ring (bicyclic) bond motifs is 1. The highest BCUT2D eigenvalue weighted by atomic mass is 32.2. The summed E-state index contributed by atoms with van der Waals surface area (Å²) >= 11 is 3.43. The van der Waals surface area contributed by atoms with Gasteiger partial charge in [-0.3, -0.25) is 4.79 Å². The van der Waals surface area contributed by atoms with Crippen LogP contribution in [0.3, 0.4) is 0 Å². The molecule has 2 nitrogen and oxygen atoms in total. The number of benzene rings is 1. The van der Waals surface area contributed by atoms with Gasteiger partial charge in [0.1, 0.15) is 0 Å². The summed E-state index contributed by atoms with van der Waals surface area (Å²) in [6.45, 7) is 7.13. The third-order valence-corrected chi connectivity index (χ3v) is 6.58. The summed E-state index contributed by atoms with van der Waals surface area (Å²) in [5, 5.41) is 3.08. The van der Waals surface area contributed by atoms with Crippen molar-refractivity contribution < 1.29 is 4.79 Å². The number of carbonyl (C=O) groups is 1. The number of carbonyl (C=O) groups excluding carboxylic acids is 1. The van der Waals surface area contributed by atoms with E-state index in [4.69, 9.17) is 0 Å². The molecule has 0 fully saturated rings. The van der Waals surface area contributed by atoms with Crippen LogP contribution in [0.1, 0.15) is 39.3 Å². The Hall–Kier alpha value is -1.52. The van der Waals surface area contributed by atoms with Crippen LogP contribution in [-0.4, -0.2) is 12.5 Å². The molecule has 1 aliphatic heterocycles. The fraction of sp³-hybridized carbons (Fsp3) is 0.316. The highest BCUT2D eigenvalue weighted by Crippen LogP contribution is 2.39. The van der Waals surface area contributed by atoms with Crippen molar-refractivity contribution in [3.8, 4) is 0 Å². The Labute approximate surface area is 146 Å². The van der Waals surface area contributed by atoms with Crippen LogP contribution in [0, 0.1) is 13.8 Å². The first kappa shape index (κ1) is 16.3. The molecule has 0 saturated carbocycles. The Morgan fingerprint density at radius 1 is 1.26 bits per heavy atom. The van der Waals surface area contributed by atoms with Crippen LogP contribution in [0.25, 0.3) is 6.08 Å². The van der Waals surface area contributed by atoms with Gasteiger partial charge in [-0.25, -0.2) is 0 Å². The van der Waals surface area contributed by atoms with E-state index in [2.05, 4.69) is 44.3 Å². The van der Waals surface area contributed by atoms with Crippen molar-refractivity contribution in [1.82, 2.24) is 5.32 Å². The van der Waals surface area contributed by atoms with E-state index in [1.807, 2.05) is 18.2 Å². The standard InChI is InChI=1S/C19H21NOS2/c1-12(15-7-5-4-6-8-15)10-20-19(21)18-9-17-16(11-22-18)13(2)14(3)23-17/h4-9,12H,10-11H2,1-3H3,(H,20,21)/t12-/m1/s1. The molecule has 0 radical (unpaired) electrons. The fourth-order valence-electron chi connectivity index (χ4n) is 2.67.